The molecule has 3 rings (SSSR count). The van der Waals surface area contributed by atoms with Gasteiger partial charge in [-0.05, 0) is 0 Å². The van der Waals surface area contributed by atoms with Crippen molar-refractivity contribution >= 4 is 28.2 Å². The third-order valence-electron chi connectivity index (χ3n) is 3.50. The van der Waals surface area contributed by atoms with Crippen molar-refractivity contribution in [1.82, 2.24) is 0 Å². The molecule has 0 aliphatic heterocycles. The van der Waals surface area contributed by atoms with Gasteiger partial charge in [0.15, 0.2) is 0 Å². The van der Waals surface area contributed by atoms with Crippen molar-refractivity contribution in [2.45, 2.75) is 0 Å². The van der Waals surface area contributed by atoms with Gasteiger partial charge in [-0.15, -0.1) is 0 Å². The third kappa shape index (κ3) is 5.01. The SMILES string of the molecule is COC(C#Cc1ccccc1)=C([Te]c1ccccc1)c1ccccc1. The van der Waals surface area contributed by atoms with Gasteiger partial charge in [0.1, 0.15) is 0 Å². The maximum absolute atomic E-state index is 5.70. The molecule has 0 spiro atoms. The van der Waals surface area contributed by atoms with E-state index in [-0.39, 0.29) is 0 Å². The molecular formula is C23H18OTe. The van der Waals surface area contributed by atoms with E-state index >= 15 is 0 Å². The van der Waals surface area contributed by atoms with Gasteiger partial charge in [0, 0.05) is 0 Å². The van der Waals surface area contributed by atoms with Crippen LogP contribution in [0.1, 0.15) is 11.1 Å². The average molecular weight is 438 g/mol. The molecule has 0 radical (unpaired) electrons. The molecule has 25 heavy (non-hydrogen) atoms. The predicted molar refractivity (Wildman–Crippen MR) is 106 cm³/mol. The summed E-state index contributed by atoms with van der Waals surface area (Å²) < 4.78 is 8.29. The second-order valence-electron chi connectivity index (χ2n) is 5.26. The van der Waals surface area contributed by atoms with Crippen LogP contribution >= 0.6 is 0 Å². The molecule has 0 saturated heterocycles. The van der Waals surface area contributed by atoms with Crippen molar-refractivity contribution in [1.29, 1.82) is 0 Å². The summed E-state index contributed by atoms with van der Waals surface area (Å²) in [7, 11) is 1.70. The first kappa shape index (κ1) is 17.4. The summed E-state index contributed by atoms with van der Waals surface area (Å²) >= 11 is -0.608. The van der Waals surface area contributed by atoms with Crippen LogP contribution in [0, 0.1) is 11.8 Å². The van der Waals surface area contributed by atoms with Gasteiger partial charge in [-0.2, -0.15) is 0 Å². The van der Waals surface area contributed by atoms with Gasteiger partial charge < -0.3 is 0 Å². The fraction of sp³-hybridized carbons (Fsp3) is 0.0435. The van der Waals surface area contributed by atoms with Crippen LogP contribution in [0.25, 0.3) is 3.62 Å². The predicted octanol–water partition coefficient (Wildman–Crippen LogP) is 4.08. The topological polar surface area (TPSA) is 9.23 Å². The van der Waals surface area contributed by atoms with E-state index in [4.69, 9.17) is 4.74 Å². The zero-order valence-electron chi connectivity index (χ0n) is 14.0. The van der Waals surface area contributed by atoms with Crippen molar-refractivity contribution in [3.8, 4) is 11.8 Å². The van der Waals surface area contributed by atoms with Crippen molar-refractivity contribution in [2.24, 2.45) is 0 Å². The zero-order valence-corrected chi connectivity index (χ0v) is 16.3. The number of ether oxygens (including phenoxy) is 1. The van der Waals surface area contributed by atoms with Gasteiger partial charge >= 0.3 is 160 Å². The Hall–Kier alpha value is -2.45. The Bertz CT molecular complexity index is 888. The first-order valence-corrected chi connectivity index (χ1v) is 10.3. The summed E-state index contributed by atoms with van der Waals surface area (Å²) in [5.74, 6) is 7.23. The molecule has 0 aliphatic carbocycles. The summed E-state index contributed by atoms with van der Waals surface area (Å²) in [6.07, 6.45) is 0. The fourth-order valence-electron chi connectivity index (χ4n) is 2.28. The van der Waals surface area contributed by atoms with Crippen LogP contribution in [0.5, 0.6) is 0 Å². The van der Waals surface area contributed by atoms with E-state index in [9.17, 15) is 0 Å². The van der Waals surface area contributed by atoms with E-state index in [0.29, 0.717) is 0 Å². The minimum absolute atomic E-state index is 0.608. The fourth-order valence-corrected chi connectivity index (χ4v) is 5.17. The molecule has 0 saturated carbocycles. The number of hydrogen-bond donors (Lipinski definition) is 0. The van der Waals surface area contributed by atoms with Gasteiger partial charge in [0.25, 0.3) is 0 Å². The second kappa shape index (κ2) is 9.14. The third-order valence-corrected chi connectivity index (χ3v) is 6.74. The standard InChI is InChI=1S/C23H18OTe/c1-24-22(18-17-19-11-5-2-6-12-19)23(20-13-7-3-8-14-20)25-21-15-9-4-10-16-21/h2-16H,1H3. The Labute approximate surface area is 159 Å². The molecule has 0 amide bonds. The number of methoxy groups -OCH3 is 1. The normalized spacial score (nSPS) is 11.1. The summed E-state index contributed by atoms with van der Waals surface area (Å²) in [6, 6.07) is 31.0. The molecule has 122 valence electrons. The molecule has 0 bridgehead atoms. The van der Waals surface area contributed by atoms with Crippen molar-refractivity contribution < 1.29 is 4.74 Å². The Morgan fingerprint density at radius 3 is 1.92 bits per heavy atom. The van der Waals surface area contributed by atoms with E-state index in [1.165, 1.54) is 12.8 Å². The average Bonchev–Trinajstić information content (AvgIpc) is 2.70. The summed E-state index contributed by atoms with van der Waals surface area (Å²) in [6.45, 7) is 0. The van der Waals surface area contributed by atoms with Crippen molar-refractivity contribution in [3.63, 3.8) is 0 Å². The Kier molecular flexibility index (Phi) is 6.35. The molecule has 0 N–H and O–H groups in total. The number of allylic oxidation sites excluding steroid dienone is 1. The van der Waals surface area contributed by atoms with Crippen LogP contribution in [0.2, 0.25) is 0 Å². The Morgan fingerprint density at radius 2 is 1.32 bits per heavy atom. The van der Waals surface area contributed by atoms with Crippen LogP contribution < -0.4 is 3.61 Å². The van der Waals surface area contributed by atoms with Crippen molar-refractivity contribution in [3.05, 3.63) is 108 Å². The molecule has 3 aromatic rings. The van der Waals surface area contributed by atoms with E-state index in [1.807, 2.05) is 36.4 Å². The summed E-state index contributed by atoms with van der Waals surface area (Å²) in [5, 5.41) is 0. The van der Waals surface area contributed by atoms with Gasteiger partial charge in [-0.3, -0.25) is 0 Å². The van der Waals surface area contributed by atoms with Crippen LogP contribution in [-0.4, -0.2) is 28.0 Å². The van der Waals surface area contributed by atoms with E-state index in [1.54, 1.807) is 7.11 Å². The first-order valence-electron chi connectivity index (χ1n) is 8.00. The van der Waals surface area contributed by atoms with Crippen LogP contribution in [-0.2, 0) is 4.74 Å². The zero-order chi connectivity index (χ0) is 17.3. The summed E-state index contributed by atoms with van der Waals surface area (Å²) in [5.41, 5.74) is 2.18. The maximum atomic E-state index is 5.70. The quantitative estimate of drug-likeness (QED) is 0.339. The molecule has 1 nitrogen and oxygen atoms in total. The molecule has 0 heterocycles. The molecular weight excluding hydrogens is 420 g/mol. The molecule has 2 heteroatoms. The molecule has 0 aliphatic rings. The molecule has 0 unspecified atom stereocenters. The van der Waals surface area contributed by atoms with E-state index < -0.39 is 20.9 Å². The van der Waals surface area contributed by atoms with Crippen molar-refractivity contribution in [2.75, 3.05) is 7.11 Å². The monoisotopic (exact) mass is 440 g/mol. The van der Waals surface area contributed by atoms with E-state index in [2.05, 4.69) is 66.4 Å². The number of hydrogen-bond acceptors (Lipinski definition) is 1. The molecule has 0 fully saturated rings. The van der Waals surface area contributed by atoms with Gasteiger partial charge in [0.2, 0.25) is 0 Å². The van der Waals surface area contributed by atoms with E-state index in [0.717, 1.165) is 11.3 Å². The van der Waals surface area contributed by atoms with Crippen LogP contribution in [0.3, 0.4) is 0 Å². The van der Waals surface area contributed by atoms with Gasteiger partial charge in [-0.25, -0.2) is 0 Å². The Morgan fingerprint density at radius 1 is 0.760 bits per heavy atom. The molecule has 3 aromatic carbocycles. The van der Waals surface area contributed by atoms with Crippen LogP contribution in [0.4, 0.5) is 0 Å². The first-order chi connectivity index (χ1) is 12.4. The number of rotatable bonds is 4. The Balaban J connectivity index is 2.04. The van der Waals surface area contributed by atoms with Gasteiger partial charge in [0.05, 0.1) is 0 Å². The van der Waals surface area contributed by atoms with Crippen LogP contribution in [0.15, 0.2) is 96.8 Å². The second-order valence-corrected chi connectivity index (χ2v) is 8.35. The summed E-state index contributed by atoms with van der Waals surface area (Å²) in [4.78, 5) is 0. The van der Waals surface area contributed by atoms with Gasteiger partial charge in [-0.1, -0.05) is 0 Å². The number of benzene rings is 3. The molecule has 0 atom stereocenters. The molecule has 0 aromatic heterocycles. The minimum atomic E-state index is -0.608.